The van der Waals surface area contributed by atoms with Gasteiger partial charge in [0.2, 0.25) is 0 Å². The summed E-state index contributed by atoms with van der Waals surface area (Å²) in [6.45, 7) is 7.68. The summed E-state index contributed by atoms with van der Waals surface area (Å²) in [6, 6.07) is 0. The minimum Gasteiger partial charge on any atom is -0.379 e. The van der Waals surface area contributed by atoms with Crippen molar-refractivity contribution in [1.82, 2.24) is 0 Å². The first-order valence-corrected chi connectivity index (χ1v) is 5.89. The van der Waals surface area contributed by atoms with Crippen LogP contribution in [-0.4, -0.2) is 12.7 Å². The Morgan fingerprint density at radius 1 is 1.15 bits per heavy atom. The van der Waals surface area contributed by atoms with Crippen LogP contribution in [0.25, 0.3) is 0 Å². The average Bonchev–Trinajstić information content (AvgIpc) is 2.18. The third-order valence-corrected chi connectivity index (χ3v) is 3.57. The van der Waals surface area contributed by atoms with Gasteiger partial charge >= 0.3 is 0 Å². The predicted molar refractivity (Wildman–Crippen MR) is 56.8 cm³/mol. The van der Waals surface area contributed by atoms with E-state index in [9.17, 15) is 0 Å². The molecule has 0 bridgehead atoms. The van der Waals surface area contributed by atoms with E-state index in [4.69, 9.17) is 4.74 Å². The van der Waals surface area contributed by atoms with E-state index in [0.29, 0.717) is 6.10 Å². The van der Waals surface area contributed by atoms with Crippen LogP contribution >= 0.6 is 0 Å². The topological polar surface area (TPSA) is 9.23 Å². The van der Waals surface area contributed by atoms with Gasteiger partial charge in [0.05, 0.1) is 6.10 Å². The van der Waals surface area contributed by atoms with Crippen LogP contribution in [0.4, 0.5) is 0 Å². The Bertz CT molecular complexity index is 125. The molecule has 1 saturated carbocycles. The fraction of sp³-hybridized carbons (Fsp3) is 1.00. The fourth-order valence-corrected chi connectivity index (χ4v) is 2.39. The van der Waals surface area contributed by atoms with Crippen LogP contribution in [0.3, 0.4) is 0 Å². The summed E-state index contributed by atoms with van der Waals surface area (Å²) in [7, 11) is 0. The van der Waals surface area contributed by atoms with Gasteiger partial charge in [-0.05, 0) is 44.4 Å². The van der Waals surface area contributed by atoms with E-state index in [2.05, 4.69) is 20.8 Å². The Balaban J connectivity index is 2.22. The first kappa shape index (κ1) is 11.0. The number of hydrogen-bond donors (Lipinski definition) is 0. The zero-order valence-electron chi connectivity index (χ0n) is 9.38. The van der Waals surface area contributed by atoms with Crippen molar-refractivity contribution in [1.29, 1.82) is 0 Å². The van der Waals surface area contributed by atoms with E-state index >= 15 is 0 Å². The summed E-state index contributed by atoms with van der Waals surface area (Å²) in [4.78, 5) is 0. The molecule has 0 heterocycles. The van der Waals surface area contributed by atoms with Gasteiger partial charge < -0.3 is 4.74 Å². The van der Waals surface area contributed by atoms with Crippen LogP contribution < -0.4 is 0 Å². The monoisotopic (exact) mass is 184 g/mol. The summed E-state index contributed by atoms with van der Waals surface area (Å²) in [6.07, 6.45) is 7.28. The zero-order valence-corrected chi connectivity index (χ0v) is 9.38. The van der Waals surface area contributed by atoms with Gasteiger partial charge in [0.25, 0.3) is 0 Å². The molecule has 0 aromatic heterocycles. The highest BCUT2D eigenvalue weighted by Gasteiger charge is 2.24. The second-order valence-corrected chi connectivity index (χ2v) is 4.38. The molecular weight excluding hydrogens is 160 g/mol. The molecule has 1 unspecified atom stereocenters. The van der Waals surface area contributed by atoms with E-state index in [1.54, 1.807) is 0 Å². The maximum atomic E-state index is 5.64. The molecule has 78 valence electrons. The average molecular weight is 184 g/mol. The van der Waals surface area contributed by atoms with E-state index in [1.807, 2.05) is 0 Å². The zero-order chi connectivity index (χ0) is 9.68. The summed E-state index contributed by atoms with van der Waals surface area (Å²) in [5.74, 6) is 1.89. The van der Waals surface area contributed by atoms with Crippen LogP contribution in [-0.2, 0) is 4.74 Å². The van der Waals surface area contributed by atoms with Crippen molar-refractivity contribution in [2.24, 2.45) is 11.8 Å². The quantitative estimate of drug-likeness (QED) is 0.648. The van der Waals surface area contributed by atoms with Gasteiger partial charge in [-0.3, -0.25) is 0 Å². The maximum Gasteiger partial charge on any atom is 0.0575 e. The lowest BCUT2D eigenvalue weighted by Crippen LogP contribution is -2.24. The maximum absolute atomic E-state index is 5.64. The molecule has 1 fully saturated rings. The molecule has 1 atom stereocenters. The number of rotatable bonds is 4. The highest BCUT2D eigenvalue weighted by molar-refractivity contribution is 4.75. The molecule has 0 aromatic carbocycles. The van der Waals surface area contributed by atoms with Crippen LogP contribution in [0.5, 0.6) is 0 Å². The van der Waals surface area contributed by atoms with Gasteiger partial charge in [-0.1, -0.05) is 20.3 Å². The molecule has 1 heteroatoms. The van der Waals surface area contributed by atoms with Crippen molar-refractivity contribution in [3.63, 3.8) is 0 Å². The molecule has 1 aliphatic rings. The predicted octanol–water partition coefficient (Wildman–Crippen LogP) is 3.63. The molecule has 1 nitrogen and oxygen atoms in total. The summed E-state index contributed by atoms with van der Waals surface area (Å²) in [5.41, 5.74) is 0. The van der Waals surface area contributed by atoms with Gasteiger partial charge in [0.1, 0.15) is 0 Å². The summed E-state index contributed by atoms with van der Waals surface area (Å²) in [5, 5.41) is 0. The van der Waals surface area contributed by atoms with Gasteiger partial charge in [-0.2, -0.15) is 0 Å². The van der Waals surface area contributed by atoms with Crippen molar-refractivity contribution >= 4 is 0 Å². The minimum atomic E-state index is 0.574. The summed E-state index contributed by atoms with van der Waals surface area (Å²) >= 11 is 0. The van der Waals surface area contributed by atoms with Crippen molar-refractivity contribution < 1.29 is 4.74 Å². The third kappa shape index (κ3) is 3.30. The Hall–Kier alpha value is -0.0400. The number of hydrogen-bond acceptors (Lipinski definition) is 1. The second kappa shape index (κ2) is 5.64. The fourth-order valence-electron chi connectivity index (χ4n) is 2.39. The largest absolute Gasteiger partial charge is 0.379 e. The molecule has 0 amide bonds. The smallest absolute Gasteiger partial charge is 0.0575 e. The SMILES string of the molecule is CCOC1CCC(C(C)CC)CC1. The Kier molecular flexibility index (Phi) is 4.79. The lowest BCUT2D eigenvalue weighted by atomic mass is 9.79. The van der Waals surface area contributed by atoms with E-state index in [1.165, 1.54) is 32.1 Å². The Morgan fingerprint density at radius 3 is 2.23 bits per heavy atom. The molecule has 0 aliphatic heterocycles. The van der Waals surface area contributed by atoms with Crippen LogP contribution in [0.1, 0.15) is 52.9 Å². The molecule has 0 N–H and O–H groups in total. The lowest BCUT2D eigenvalue weighted by Gasteiger charge is -2.31. The highest BCUT2D eigenvalue weighted by atomic mass is 16.5. The van der Waals surface area contributed by atoms with E-state index < -0.39 is 0 Å². The molecule has 1 rings (SSSR count). The highest BCUT2D eigenvalue weighted by Crippen LogP contribution is 2.32. The van der Waals surface area contributed by atoms with Gasteiger partial charge in [-0.25, -0.2) is 0 Å². The molecule has 0 aromatic rings. The minimum absolute atomic E-state index is 0.574. The Morgan fingerprint density at radius 2 is 1.77 bits per heavy atom. The van der Waals surface area contributed by atoms with Crippen molar-refractivity contribution in [2.45, 2.75) is 59.0 Å². The van der Waals surface area contributed by atoms with Crippen LogP contribution in [0.15, 0.2) is 0 Å². The van der Waals surface area contributed by atoms with Crippen molar-refractivity contribution in [3.05, 3.63) is 0 Å². The standard InChI is InChI=1S/C12H24O/c1-4-10(3)11-6-8-12(9-7-11)13-5-2/h10-12H,4-9H2,1-3H3. The van der Waals surface area contributed by atoms with Crippen molar-refractivity contribution in [3.8, 4) is 0 Å². The van der Waals surface area contributed by atoms with Crippen LogP contribution in [0, 0.1) is 11.8 Å². The molecule has 0 radical (unpaired) electrons. The van der Waals surface area contributed by atoms with Gasteiger partial charge in [-0.15, -0.1) is 0 Å². The first-order valence-electron chi connectivity index (χ1n) is 5.89. The van der Waals surface area contributed by atoms with Crippen LogP contribution in [0.2, 0.25) is 0 Å². The molecular formula is C12H24O. The first-order chi connectivity index (χ1) is 6.27. The van der Waals surface area contributed by atoms with Crippen molar-refractivity contribution in [2.75, 3.05) is 6.61 Å². The second-order valence-electron chi connectivity index (χ2n) is 4.38. The molecule has 0 spiro atoms. The molecule has 0 saturated heterocycles. The summed E-state index contributed by atoms with van der Waals surface area (Å²) < 4.78 is 5.64. The molecule has 1 aliphatic carbocycles. The number of ether oxygens (including phenoxy) is 1. The normalized spacial score (nSPS) is 31.6. The van der Waals surface area contributed by atoms with Gasteiger partial charge in [0.15, 0.2) is 0 Å². The van der Waals surface area contributed by atoms with Gasteiger partial charge in [0, 0.05) is 6.61 Å². The molecule has 13 heavy (non-hydrogen) atoms. The lowest BCUT2D eigenvalue weighted by molar-refractivity contribution is 0.0190. The van der Waals surface area contributed by atoms with E-state index in [-0.39, 0.29) is 0 Å². The third-order valence-electron chi connectivity index (χ3n) is 3.57. The Labute approximate surface area is 82.9 Å². The van der Waals surface area contributed by atoms with E-state index in [0.717, 1.165) is 18.4 Å².